The summed E-state index contributed by atoms with van der Waals surface area (Å²) in [6.45, 7) is -0.0652. The minimum absolute atomic E-state index is 0.0109. The van der Waals surface area contributed by atoms with Gasteiger partial charge in [0.05, 0.1) is 10.6 Å². The molecule has 0 amide bonds. The van der Waals surface area contributed by atoms with Crippen LogP contribution in [0.4, 0.5) is 5.69 Å². The number of hydrogen-bond donors (Lipinski definition) is 0. The summed E-state index contributed by atoms with van der Waals surface area (Å²) in [5.41, 5.74) is 1.25. The number of nitro groups is 1. The number of aromatic nitrogens is 1. The average molecular weight is 406 g/mol. The van der Waals surface area contributed by atoms with E-state index in [1.807, 2.05) is 12.1 Å². The third kappa shape index (κ3) is 5.48. The zero-order valence-corrected chi connectivity index (χ0v) is 15.8. The molecule has 1 heterocycles. The summed E-state index contributed by atoms with van der Waals surface area (Å²) in [5, 5.41) is 10.9. The third-order valence-corrected chi connectivity index (χ3v) is 4.20. The van der Waals surface area contributed by atoms with Crippen molar-refractivity contribution in [2.75, 3.05) is 0 Å². The Morgan fingerprint density at radius 1 is 0.833 bits per heavy atom. The zero-order valence-electron chi connectivity index (χ0n) is 15.8. The van der Waals surface area contributed by atoms with Gasteiger partial charge in [0.25, 0.3) is 5.69 Å². The lowest BCUT2D eigenvalue weighted by molar-refractivity contribution is -0.385. The molecule has 0 aliphatic heterocycles. The van der Waals surface area contributed by atoms with Crippen molar-refractivity contribution in [1.29, 1.82) is 0 Å². The van der Waals surface area contributed by atoms with Crippen LogP contribution in [0.15, 0.2) is 79.0 Å². The van der Waals surface area contributed by atoms with Gasteiger partial charge in [-0.25, -0.2) is 0 Å². The first-order chi connectivity index (χ1) is 14.5. The molecule has 8 heteroatoms. The molecule has 3 rings (SSSR count). The van der Waals surface area contributed by atoms with Gasteiger partial charge in [-0.05, 0) is 17.2 Å². The van der Waals surface area contributed by atoms with E-state index in [2.05, 4.69) is 4.98 Å². The van der Waals surface area contributed by atoms with E-state index in [1.54, 1.807) is 48.5 Å². The largest absolute Gasteiger partial charge is 0.460 e. The predicted octanol–water partition coefficient (Wildman–Crippen LogP) is 3.56. The lowest BCUT2D eigenvalue weighted by atomic mass is 10.0. The fourth-order valence-electron chi connectivity index (χ4n) is 2.64. The van der Waals surface area contributed by atoms with Crippen LogP contribution >= 0.6 is 0 Å². The average Bonchev–Trinajstić information content (AvgIpc) is 2.78. The minimum Gasteiger partial charge on any atom is -0.460 e. The summed E-state index contributed by atoms with van der Waals surface area (Å²) in [4.78, 5) is 39.5. The monoisotopic (exact) mass is 406 g/mol. The molecule has 3 aromatic rings. The van der Waals surface area contributed by atoms with E-state index in [1.165, 1.54) is 12.1 Å². The number of ether oxygens (including phenoxy) is 2. The lowest BCUT2D eigenvalue weighted by Gasteiger charge is -2.15. The van der Waals surface area contributed by atoms with E-state index >= 15 is 0 Å². The zero-order chi connectivity index (χ0) is 21.3. The van der Waals surface area contributed by atoms with Crippen molar-refractivity contribution in [1.82, 2.24) is 4.98 Å². The van der Waals surface area contributed by atoms with E-state index in [9.17, 15) is 19.7 Å². The molecule has 152 valence electrons. The molecule has 30 heavy (non-hydrogen) atoms. The van der Waals surface area contributed by atoms with Gasteiger partial charge < -0.3 is 9.47 Å². The topological polar surface area (TPSA) is 109 Å². The second-order valence-electron chi connectivity index (χ2n) is 6.32. The van der Waals surface area contributed by atoms with Crippen molar-refractivity contribution < 1.29 is 24.0 Å². The second kappa shape index (κ2) is 9.92. The van der Waals surface area contributed by atoms with Crippen LogP contribution in [0, 0.1) is 10.1 Å². The van der Waals surface area contributed by atoms with Crippen molar-refractivity contribution in [3.8, 4) is 0 Å². The van der Waals surface area contributed by atoms with E-state index in [0.717, 1.165) is 17.3 Å². The van der Waals surface area contributed by atoms with E-state index < -0.39 is 22.8 Å². The Morgan fingerprint density at radius 2 is 1.33 bits per heavy atom. The van der Waals surface area contributed by atoms with Gasteiger partial charge in [-0.3, -0.25) is 24.7 Å². The van der Waals surface area contributed by atoms with Crippen molar-refractivity contribution in [3.05, 3.63) is 106 Å². The van der Waals surface area contributed by atoms with Gasteiger partial charge in [-0.1, -0.05) is 60.7 Å². The first-order valence-corrected chi connectivity index (χ1v) is 9.06. The van der Waals surface area contributed by atoms with Gasteiger partial charge in [-0.15, -0.1) is 0 Å². The van der Waals surface area contributed by atoms with Gasteiger partial charge in [0.2, 0.25) is 0 Å². The van der Waals surface area contributed by atoms with Crippen LogP contribution in [0.5, 0.6) is 0 Å². The molecule has 2 aromatic carbocycles. The number of pyridine rings is 1. The number of nitrogens with zero attached hydrogens (tertiary/aromatic N) is 2. The van der Waals surface area contributed by atoms with Crippen LogP contribution in [0.3, 0.4) is 0 Å². The number of esters is 2. The molecule has 0 radical (unpaired) electrons. The minimum atomic E-state index is -1.46. The normalized spacial score (nSPS) is 10.4. The Morgan fingerprint density at radius 3 is 1.73 bits per heavy atom. The number of hydrogen-bond acceptors (Lipinski definition) is 7. The number of carbonyl (C=O) groups excluding carboxylic acids is 2. The molecule has 0 fully saturated rings. The summed E-state index contributed by atoms with van der Waals surface area (Å²) in [6, 6.07) is 20.4. The molecule has 0 atom stereocenters. The number of benzene rings is 2. The number of carbonyl (C=O) groups is 2. The lowest BCUT2D eigenvalue weighted by Crippen LogP contribution is -2.27. The van der Waals surface area contributed by atoms with Gasteiger partial charge in [0, 0.05) is 6.07 Å². The van der Waals surface area contributed by atoms with Crippen LogP contribution < -0.4 is 0 Å². The van der Waals surface area contributed by atoms with Gasteiger partial charge in [0.1, 0.15) is 19.4 Å². The van der Waals surface area contributed by atoms with Gasteiger partial charge in [0.15, 0.2) is 5.92 Å². The first-order valence-electron chi connectivity index (χ1n) is 9.06. The summed E-state index contributed by atoms with van der Waals surface area (Å²) in [6.07, 6.45) is 0.983. The van der Waals surface area contributed by atoms with Crippen LogP contribution in [-0.2, 0) is 32.3 Å². The summed E-state index contributed by atoms with van der Waals surface area (Å²) < 4.78 is 10.6. The molecule has 0 saturated carbocycles. The highest BCUT2D eigenvalue weighted by molar-refractivity contribution is 6.00. The van der Waals surface area contributed by atoms with Gasteiger partial charge >= 0.3 is 11.9 Å². The molecule has 0 saturated heterocycles. The maximum Gasteiger partial charge on any atom is 0.326 e. The summed E-state index contributed by atoms with van der Waals surface area (Å²) in [7, 11) is 0. The molecular formula is C22H18N2O6. The maximum absolute atomic E-state index is 12.7. The molecule has 0 aliphatic rings. The Hall–Kier alpha value is -4.07. The third-order valence-electron chi connectivity index (χ3n) is 4.20. The Kier molecular flexibility index (Phi) is 6.83. The van der Waals surface area contributed by atoms with Crippen molar-refractivity contribution in [3.63, 3.8) is 0 Å². The van der Waals surface area contributed by atoms with Crippen LogP contribution in [0.2, 0.25) is 0 Å². The van der Waals surface area contributed by atoms with Crippen molar-refractivity contribution >= 4 is 17.6 Å². The highest BCUT2D eigenvalue weighted by Gasteiger charge is 2.33. The fraction of sp³-hybridized carbons (Fsp3) is 0.136. The fourth-order valence-corrected chi connectivity index (χ4v) is 2.64. The van der Waals surface area contributed by atoms with Crippen molar-refractivity contribution in [2.45, 2.75) is 19.1 Å². The summed E-state index contributed by atoms with van der Waals surface area (Å²) >= 11 is 0. The molecular weight excluding hydrogens is 388 g/mol. The molecule has 8 nitrogen and oxygen atoms in total. The molecule has 0 unspecified atom stereocenters. The molecule has 0 spiro atoms. The second-order valence-corrected chi connectivity index (χ2v) is 6.32. The Balaban J connectivity index is 1.77. The maximum atomic E-state index is 12.7. The van der Waals surface area contributed by atoms with E-state index in [0.29, 0.717) is 0 Å². The molecule has 1 aromatic heterocycles. The van der Waals surface area contributed by atoms with Crippen molar-refractivity contribution in [2.24, 2.45) is 0 Å². The van der Waals surface area contributed by atoms with Crippen LogP contribution in [0.1, 0.15) is 22.7 Å². The van der Waals surface area contributed by atoms with E-state index in [-0.39, 0.29) is 24.6 Å². The molecule has 0 aliphatic carbocycles. The Labute approximate surface area is 172 Å². The summed E-state index contributed by atoms with van der Waals surface area (Å²) in [5.74, 6) is -3.16. The molecule has 0 bridgehead atoms. The Bertz CT molecular complexity index is 951. The first kappa shape index (κ1) is 20.7. The quantitative estimate of drug-likeness (QED) is 0.243. The number of rotatable bonds is 8. The standard InChI is InChI=1S/C22H18N2O6/c25-21(29-14-16-7-3-1-4-8-16)20(19-12-11-18(13-23-19)24(27)28)22(26)30-15-17-9-5-2-6-10-17/h1-13,20H,14-15H2. The van der Waals surface area contributed by atoms with Crippen LogP contribution in [0.25, 0.3) is 0 Å². The SMILES string of the molecule is O=C(OCc1ccccc1)C(C(=O)OCc1ccccc1)c1ccc([N+](=O)[O-])cn1. The smallest absolute Gasteiger partial charge is 0.326 e. The highest BCUT2D eigenvalue weighted by Crippen LogP contribution is 2.21. The van der Waals surface area contributed by atoms with Gasteiger partial charge in [-0.2, -0.15) is 0 Å². The molecule has 0 N–H and O–H groups in total. The predicted molar refractivity (Wildman–Crippen MR) is 106 cm³/mol. The highest BCUT2D eigenvalue weighted by atomic mass is 16.6. The van der Waals surface area contributed by atoms with E-state index in [4.69, 9.17) is 9.47 Å². The van der Waals surface area contributed by atoms with Crippen LogP contribution in [-0.4, -0.2) is 21.8 Å².